The van der Waals surface area contributed by atoms with Gasteiger partial charge in [0.05, 0.1) is 5.70 Å². The second kappa shape index (κ2) is 8.68. The summed E-state index contributed by atoms with van der Waals surface area (Å²) < 4.78 is 0. The molecule has 0 saturated carbocycles. The quantitative estimate of drug-likeness (QED) is 0.813. The first kappa shape index (κ1) is 19.5. The molecule has 2 aromatic rings. The van der Waals surface area contributed by atoms with E-state index in [1.807, 2.05) is 30.3 Å². The monoisotopic (exact) mass is 393 g/mol. The van der Waals surface area contributed by atoms with Crippen LogP contribution in [0.3, 0.4) is 0 Å². The van der Waals surface area contributed by atoms with Crippen molar-refractivity contribution in [1.82, 2.24) is 15.9 Å². The van der Waals surface area contributed by atoms with Crippen molar-refractivity contribution in [3.8, 4) is 0 Å². The molecule has 0 aliphatic carbocycles. The zero-order chi connectivity index (χ0) is 20.1. The summed E-state index contributed by atoms with van der Waals surface area (Å²) in [5.74, 6) is 0. The maximum absolute atomic E-state index is 12.0. The second-order valence-electron chi connectivity index (χ2n) is 7.66. The van der Waals surface area contributed by atoms with Crippen molar-refractivity contribution in [3.05, 3.63) is 77.4 Å². The molecule has 29 heavy (non-hydrogen) atoms. The van der Waals surface area contributed by atoms with Gasteiger partial charge in [0.2, 0.25) is 0 Å². The molecule has 0 bridgehead atoms. The lowest BCUT2D eigenvalue weighted by atomic mass is 9.91. The van der Waals surface area contributed by atoms with Crippen molar-refractivity contribution in [2.75, 3.05) is 19.6 Å². The molecule has 0 aromatic heterocycles. The number of piperidine rings is 1. The van der Waals surface area contributed by atoms with E-state index in [2.05, 4.69) is 48.1 Å². The van der Waals surface area contributed by atoms with Gasteiger partial charge in [0.1, 0.15) is 5.60 Å². The van der Waals surface area contributed by atoms with E-state index in [-0.39, 0.29) is 5.60 Å². The van der Waals surface area contributed by atoms with Crippen LogP contribution in [0.15, 0.2) is 60.7 Å². The van der Waals surface area contributed by atoms with Gasteiger partial charge in [-0.2, -0.15) is 0 Å². The number of rotatable bonds is 5. The Morgan fingerprint density at radius 1 is 1.14 bits per heavy atom. The molecule has 1 spiro atoms. The maximum atomic E-state index is 12.0. The summed E-state index contributed by atoms with van der Waals surface area (Å²) in [6.07, 6.45) is 4.05. The molecule has 2 aromatic carbocycles. The highest BCUT2D eigenvalue weighted by Gasteiger charge is 2.39. The minimum Gasteiger partial charge on any atom is -0.351 e. The standard InChI is InChI=1S/C23H27N3O3/c1-18-7-9-20(10-8-18)21-17-23(29-25-21)12-15-26(16-13-23)28-22(27)24-14-11-19-5-3-2-4-6-19/h2-10,17,25H,11-16H2,1H3,(H,24,27). The molecule has 6 heteroatoms. The molecule has 0 unspecified atom stereocenters. The molecular formula is C23H27N3O3. The van der Waals surface area contributed by atoms with Crippen molar-refractivity contribution in [2.45, 2.75) is 31.8 Å². The normalized spacial score (nSPS) is 18.2. The second-order valence-corrected chi connectivity index (χ2v) is 7.66. The first-order chi connectivity index (χ1) is 14.1. The number of hydroxylamine groups is 3. The van der Waals surface area contributed by atoms with Gasteiger partial charge >= 0.3 is 6.09 Å². The van der Waals surface area contributed by atoms with E-state index >= 15 is 0 Å². The summed E-state index contributed by atoms with van der Waals surface area (Å²) in [4.78, 5) is 23.4. The average Bonchev–Trinajstić information content (AvgIpc) is 3.15. The Labute approximate surface area is 171 Å². The van der Waals surface area contributed by atoms with Crippen molar-refractivity contribution in [3.63, 3.8) is 0 Å². The van der Waals surface area contributed by atoms with Crippen LogP contribution >= 0.6 is 0 Å². The molecule has 152 valence electrons. The number of carbonyl (C=O) groups is 1. The van der Waals surface area contributed by atoms with Gasteiger partial charge < -0.3 is 10.2 Å². The number of carbonyl (C=O) groups excluding carboxylic acids is 1. The van der Waals surface area contributed by atoms with Crippen molar-refractivity contribution in [1.29, 1.82) is 0 Å². The van der Waals surface area contributed by atoms with Gasteiger partial charge in [-0.3, -0.25) is 10.3 Å². The van der Waals surface area contributed by atoms with Gasteiger partial charge in [-0.25, -0.2) is 4.79 Å². The molecule has 2 heterocycles. The number of benzene rings is 2. The maximum Gasteiger partial charge on any atom is 0.426 e. The van der Waals surface area contributed by atoms with Crippen LogP contribution in [0.1, 0.15) is 29.5 Å². The van der Waals surface area contributed by atoms with Gasteiger partial charge in [0.25, 0.3) is 0 Å². The fraction of sp³-hybridized carbons (Fsp3) is 0.348. The highest BCUT2D eigenvalue weighted by atomic mass is 16.7. The predicted molar refractivity (Wildman–Crippen MR) is 112 cm³/mol. The van der Waals surface area contributed by atoms with Crippen LogP contribution in [0.5, 0.6) is 0 Å². The number of nitrogens with zero attached hydrogens (tertiary/aromatic N) is 1. The predicted octanol–water partition coefficient (Wildman–Crippen LogP) is 3.59. The largest absolute Gasteiger partial charge is 0.426 e. The summed E-state index contributed by atoms with van der Waals surface area (Å²) in [5, 5.41) is 4.53. The van der Waals surface area contributed by atoms with E-state index in [4.69, 9.17) is 9.68 Å². The Hall–Kier alpha value is -2.83. The molecule has 6 nitrogen and oxygen atoms in total. The molecule has 0 radical (unpaired) electrons. The Morgan fingerprint density at radius 3 is 2.59 bits per heavy atom. The highest BCUT2D eigenvalue weighted by molar-refractivity contribution is 5.67. The Morgan fingerprint density at radius 2 is 1.86 bits per heavy atom. The molecule has 2 N–H and O–H groups in total. The van der Waals surface area contributed by atoms with Gasteiger partial charge in [0.15, 0.2) is 0 Å². The fourth-order valence-corrected chi connectivity index (χ4v) is 3.66. The van der Waals surface area contributed by atoms with Crippen molar-refractivity contribution >= 4 is 11.8 Å². The first-order valence-electron chi connectivity index (χ1n) is 10.1. The molecule has 1 amide bonds. The smallest absolute Gasteiger partial charge is 0.351 e. The molecule has 0 atom stereocenters. The number of aryl methyl sites for hydroxylation is 1. The zero-order valence-corrected chi connectivity index (χ0v) is 16.7. The van der Waals surface area contributed by atoms with Crippen molar-refractivity contribution in [2.24, 2.45) is 0 Å². The zero-order valence-electron chi connectivity index (χ0n) is 16.7. The van der Waals surface area contributed by atoms with E-state index in [1.54, 1.807) is 5.06 Å². The van der Waals surface area contributed by atoms with Crippen molar-refractivity contribution < 1.29 is 14.5 Å². The summed E-state index contributed by atoms with van der Waals surface area (Å²) in [5.41, 5.74) is 7.27. The Bertz CT molecular complexity index is 857. The third kappa shape index (κ3) is 4.96. The van der Waals surface area contributed by atoms with Gasteiger partial charge in [-0.05, 0) is 43.4 Å². The lowest BCUT2D eigenvalue weighted by Gasteiger charge is -2.35. The minimum absolute atomic E-state index is 0.343. The lowest BCUT2D eigenvalue weighted by Crippen LogP contribution is -2.46. The summed E-state index contributed by atoms with van der Waals surface area (Å²) in [6, 6.07) is 18.4. The summed E-state index contributed by atoms with van der Waals surface area (Å²) in [6.45, 7) is 3.89. The molecule has 2 aliphatic rings. The van der Waals surface area contributed by atoms with Crippen LogP contribution in [-0.4, -0.2) is 36.4 Å². The van der Waals surface area contributed by atoms with E-state index < -0.39 is 6.09 Å². The van der Waals surface area contributed by atoms with Crippen LogP contribution < -0.4 is 10.8 Å². The van der Waals surface area contributed by atoms with E-state index in [0.717, 1.165) is 30.5 Å². The SMILES string of the molecule is Cc1ccc(C2=CC3(CCN(OC(=O)NCCc4ccccc4)CC3)ON2)cc1. The molecule has 4 rings (SSSR count). The Kier molecular flexibility index (Phi) is 5.83. The van der Waals surface area contributed by atoms with Crippen LogP contribution in [-0.2, 0) is 16.1 Å². The van der Waals surface area contributed by atoms with E-state index in [9.17, 15) is 4.79 Å². The number of nitrogens with one attached hydrogen (secondary N) is 2. The highest BCUT2D eigenvalue weighted by Crippen LogP contribution is 2.34. The molecule has 1 saturated heterocycles. The summed E-state index contributed by atoms with van der Waals surface area (Å²) in [7, 11) is 0. The van der Waals surface area contributed by atoms with Gasteiger partial charge in [-0.15, -0.1) is 5.06 Å². The lowest BCUT2D eigenvalue weighted by molar-refractivity contribution is -0.156. The van der Waals surface area contributed by atoms with Crippen LogP contribution in [0.2, 0.25) is 0 Å². The summed E-state index contributed by atoms with van der Waals surface area (Å²) >= 11 is 0. The van der Waals surface area contributed by atoms with E-state index in [0.29, 0.717) is 19.6 Å². The van der Waals surface area contributed by atoms with Crippen LogP contribution in [0.4, 0.5) is 4.79 Å². The Balaban J connectivity index is 1.23. The van der Waals surface area contributed by atoms with E-state index in [1.165, 1.54) is 11.1 Å². The molecule has 1 fully saturated rings. The van der Waals surface area contributed by atoms with Gasteiger partial charge in [0, 0.05) is 19.6 Å². The number of hydrogen-bond acceptors (Lipinski definition) is 5. The van der Waals surface area contributed by atoms with Gasteiger partial charge in [-0.1, -0.05) is 60.2 Å². The third-order valence-corrected chi connectivity index (χ3v) is 5.44. The van der Waals surface area contributed by atoms with Crippen LogP contribution in [0.25, 0.3) is 5.70 Å². The average molecular weight is 393 g/mol. The first-order valence-corrected chi connectivity index (χ1v) is 10.1. The fourth-order valence-electron chi connectivity index (χ4n) is 3.66. The minimum atomic E-state index is -0.404. The van der Waals surface area contributed by atoms with Crippen LogP contribution in [0, 0.1) is 6.92 Å². The molecule has 2 aliphatic heterocycles. The number of hydrogen-bond donors (Lipinski definition) is 2. The third-order valence-electron chi connectivity index (χ3n) is 5.44. The topological polar surface area (TPSA) is 62.8 Å². The number of amides is 1. The molecular weight excluding hydrogens is 366 g/mol.